The van der Waals surface area contributed by atoms with Crippen LogP contribution in [0, 0.1) is 12.3 Å². The molecule has 25 heavy (non-hydrogen) atoms. The monoisotopic (exact) mass is 346 g/mol. The van der Waals surface area contributed by atoms with Crippen molar-refractivity contribution in [2.24, 2.45) is 5.41 Å². The van der Waals surface area contributed by atoms with Crippen LogP contribution in [0.5, 0.6) is 0 Å². The van der Waals surface area contributed by atoms with Crippen LogP contribution in [-0.2, 0) is 4.74 Å². The number of amides is 1. The minimum atomic E-state index is -0.428. The number of nitrogens with zero attached hydrogens (tertiary/aromatic N) is 1. The fourth-order valence-electron chi connectivity index (χ4n) is 3.10. The van der Waals surface area contributed by atoms with Crippen molar-refractivity contribution in [1.29, 1.82) is 0 Å². The Morgan fingerprint density at radius 3 is 2.32 bits per heavy atom. The molecule has 4 nitrogen and oxygen atoms in total. The molecule has 0 radical (unpaired) electrons. The van der Waals surface area contributed by atoms with E-state index < -0.39 is 5.60 Å². The molecule has 1 saturated heterocycles. The highest BCUT2D eigenvalue weighted by molar-refractivity contribution is 5.68. The summed E-state index contributed by atoms with van der Waals surface area (Å²) in [5.41, 5.74) is 2.40. The van der Waals surface area contributed by atoms with E-state index in [1.165, 1.54) is 11.1 Å². The van der Waals surface area contributed by atoms with Gasteiger partial charge >= 0.3 is 6.09 Å². The van der Waals surface area contributed by atoms with Gasteiger partial charge in [0.15, 0.2) is 0 Å². The molecule has 1 heterocycles. The predicted molar refractivity (Wildman–Crippen MR) is 103 cm³/mol. The third kappa shape index (κ3) is 6.03. The first-order valence-electron chi connectivity index (χ1n) is 9.36. The second-order valence-corrected chi connectivity index (χ2v) is 8.79. The highest BCUT2D eigenvalue weighted by Crippen LogP contribution is 2.31. The van der Waals surface area contributed by atoms with E-state index in [1.807, 2.05) is 25.7 Å². The molecule has 1 aliphatic rings. The van der Waals surface area contributed by atoms with E-state index in [0.29, 0.717) is 6.04 Å². The zero-order valence-electron chi connectivity index (χ0n) is 16.7. The molecule has 2 rings (SSSR count). The Balaban J connectivity index is 1.82. The first-order valence-corrected chi connectivity index (χ1v) is 9.36. The Bertz CT molecular complexity index is 567. The summed E-state index contributed by atoms with van der Waals surface area (Å²) in [5.74, 6) is 0. The Morgan fingerprint density at radius 1 is 1.24 bits per heavy atom. The standard InChI is InChI=1S/C21H34N2O2/c1-16-7-9-18(10-8-16)17(2)22-15-21(6)11-13-23(14-12-21)19(24)25-20(3,4)5/h7-10,17,22H,11-15H2,1-6H3. The van der Waals surface area contributed by atoms with Gasteiger partial charge in [0, 0.05) is 25.7 Å². The van der Waals surface area contributed by atoms with Crippen molar-refractivity contribution in [3.05, 3.63) is 35.4 Å². The van der Waals surface area contributed by atoms with Crippen LogP contribution in [-0.4, -0.2) is 36.2 Å². The van der Waals surface area contributed by atoms with Crippen LogP contribution in [0.3, 0.4) is 0 Å². The molecule has 140 valence electrons. The Hall–Kier alpha value is -1.55. The van der Waals surface area contributed by atoms with Gasteiger partial charge in [-0.1, -0.05) is 36.8 Å². The summed E-state index contributed by atoms with van der Waals surface area (Å²) in [6, 6.07) is 9.05. The van der Waals surface area contributed by atoms with E-state index in [0.717, 1.165) is 32.5 Å². The molecule has 0 aliphatic carbocycles. The number of nitrogens with one attached hydrogen (secondary N) is 1. The molecular weight excluding hydrogens is 312 g/mol. The quantitative estimate of drug-likeness (QED) is 0.860. The lowest BCUT2D eigenvalue weighted by molar-refractivity contribution is 0.0117. The summed E-state index contributed by atoms with van der Waals surface area (Å²) in [6.45, 7) is 14.9. The minimum Gasteiger partial charge on any atom is -0.444 e. The van der Waals surface area contributed by atoms with Gasteiger partial charge in [-0.15, -0.1) is 0 Å². The van der Waals surface area contributed by atoms with Crippen LogP contribution < -0.4 is 5.32 Å². The molecule has 1 atom stereocenters. The molecule has 1 N–H and O–H groups in total. The average Bonchev–Trinajstić information content (AvgIpc) is 2.52. The fraction of sp³-hybridized carbons (Fsp3) is 0.667. The average molecular weight is 347 g/mol. The maximum Gasteiger partial charge on any atom is 0.410 e. The van der Waals surface area contributed by atoms with Gasteiger partial charge in [-0.25, -0.2) is 4.79 Å². The highest BCUT2D eigenvalue weighted by atomic mass is 16.6. The van der Waals surface area contributed by atoms with Gasteiger partial charge in [-0.2, -0.15) is 0 Å². The first-order chi connectivity index (χ1) is 11.6. The smallest absolute Gasteiger partial charge is 0.410 e. The van der Waals surface area contributed by atoms with Crippen molar-refractivity contribution >= 4 is 6.09 Å². The summed E-state index contributed by atoms with van der Waals surface area (Å²) >= 11 is 0. The van der Waals surface area contributed by atoms with Gasteiger partial charge in [-0.05, 0) is 58.4 Å². The Kier molecular flexibility index (Phi) is 6.15. The summed E-state index contributed by atoms with van der Waals surface area (Å²) in [7, 11) is 0. The highest BCUT2D eigenvalue weighted by Gasteiger charge is 2.33. The molecule has 0 saturated carbocycles. The fourth-order valence-corrected chi connectivity index (χ4v) is 3.10. The van der Waals surface area contributed by atoms with Crippen molar-refractivity contribution in [3.8, 4) is 0 Å². The molecule has 0 aromatic heterocycles. The molecule has 1 unspecified atom stereocenters. The lowest BCUT2D eigenvalue weighted by Gasteiger charge is -2.40. The van der Waals surface area contributed by atoms with E-state index >= 15 is 0 Å². The minimum absolute atomic E-state index is 0.185. The van der Waals surface area contributed by atoms with Crippen molar-refractivity contribution in [3.63, 3.8) is 0 Å². The Morgan fingerprint density at radius 2 is 1.80 bits per heavy atom. The topological polar surface area (TPSA) is 41.6 Å². The van der Waals surface area contributed by atoms with Crippen LogP contribution in [0.25, 0.3) is 0 Å². The number of rotatable bonds is 4. The van der Waals surface area contributed by atoms with Gasteiger partial charge < -0.3 is 15.0 Å². The molecule has 1 aromatic carbocycles. The SMILES string of the molecule is Cc1ccc(C(C)NCC2(C)CCN(C(=O)OC(C)(C)C)CC2)cc1. The number of piperidine rings is 1. The van der Waals surface area contributed by atoms with E-state index in [1.54, 1.807) is 0 Å². The number of likely N-dealkylation sites (tertiary alicyclic amines) is 1. The molecule has 0 spiro atoms. The second-order valence-electron chi connectivity index (χ2n) is 8.79. The predicted octanol–water partition coefficient (Wildman–Crippen LogP) is 4.68. The van der Waals surface area contributed by atoms with Gasteiger partial charge in [-0.3, -0.25) is 0 Å². The number of carbonyl (C=O) groups is 1. The molecule has 1 amide bonds. The summed E-state index contributed by atoms with van der Waals surface area (Å²) in [4.78, 5) is 14.0. The number of hydrogen-bond acceptors (Lipinski definition) is 3. The summed E-state index contributed by atoms with van der Waals surface area (Å²) in [6.07, 6.45) is 1.82. The largest absolute Gasteiger partial charge is 0.444 e. The molecule has 1 aliphatic heterocycles. The van der Waals surface area contributed by atoms with E-state index in [-0.39, 0.29) is 11.5 Å². The number of aryl methyl sites for hydroxylation is 1. The van der Waals surface area contributed by atoms with E-state index in [2.05, 4.69) is 50.4 Å². The maximum absolute atomic E-state index is 12.2. The lowest BCUT2D eigenvalue weighted by atomic mass is 9.80. The second kappa shape index (κ2) is 7.77. The van der Waals surface area contributed by atoms with Crippen LogP contribution in [0.15, 0.2) is 24.3 Å². The summed E-state index contributed by atoms with van der Waals surface area (Å²) in [5, 5.41) is 3.68. The van der Waals surface area contributed by atoms with Crippen LogP contribution >= 0.6 is 0 Å². The molecule has 1 fully saturated rings. The van der Waals surface area contributed by atoms with E-state index in [4.69, 9.17) is 4.74 Å². The van der Waals surface area contributed by atoms with Gasteiger partial charge in [0.05, 0.1) is 0 Å². The van der Waals surface area contributed by atoms with Crippen molar-refractivity contribution in [2.75, 3.05) is 19.6 Å². The van der Waals surface area contributed by atoms with Gasteiger partial charge in [0.1, 0.15) is 5.60 Å². The van der Waals surface area contributed by atoms with Crippen molar-refractivity contribution in [1.82, 2.24) is 10.2 Å². The number of hydrogen-bond donors (Lipinski definition) is 1. The third-order valence-corrected chi connectivity index (χ3v) is 5.03. The molecule has 0 bridgehead atoms. The van der Waals surface area contributed by atoms with Crippen molar-refractivity contribution in [2.45, 2.75) is 66.0 Å². The van der Waals surface area contributed by atoms with Crippen LogP contribution in [0.4, 0.5) is 4.79 Å². The Labute approximate surface area is 152 Å². The van der Waals surface area contributed by atoms with Gasteiger partial charge in [0.25, 0.3) is 0 Å². The first kappa shape index (κ1) is 19.8. The van der Waals surface area contributed by atoms with Gasteiger partial charge in [0.2, 0.25) is 0 Å². The zero-order valence-corrected chi connectivity index (χ0v) is 16.7. The molecular formula is C21H34N2O2. The van der Waals surface area contributed by atoms with E-state index in [9.17, 15) is 4.79 Å². The third-order valence-electron chi connectivity index (χ3n) is 5.03. The normalized spacial score (nSPS) is 18.7. The van der Waals surface area contributed by atoms with Crippen molar-refractivity contribution < 1.29 is 9.53 Å². The number of carbonyl (C=O) groups excluding carboxylic acids is 1. The molecule has 4 heteroatoms. The lowest BCUT2D eigenvalue weighted by Crippen LogP contribution is -2.47. The zero-order chi connectivity index (χ0) is 18.7. The van der Waals surface area contributed by atoms with Crippen LogP contribution in [0.1, 0.15) is 64.6 Å². The maximum atomic E-state index is 12.2. The van der Waals surface area contributed by atoms with Crippen LogP contribution in [0.2, 0.25) is 0 Å². The summed E-state index contributed by atoms with van der Waals surface area (Å²) < 4.78 is 5.48. The molecule has 1 aromatic rings. The number of ether oxygens (including phenoxy) is 1. The number of benzene rings is 1.